The molecule has 1 aromatic heterocycles. The van der Waals surface area contributed by atoms with Gasteiger partial charge in [0.1, 0.15) is 6.21 Å². The van der Waals surface area contributed by atoms with Gasteiger partial charge in [-0.3, -0.25) is 0 Å². The first-order valence-electron chi connectivity index (χ1n) is 3.46. The van der Waals surface area contributed by atoms with E-state index in [0.29, 0.717) is 11.9 Å². The fraction of sp³-hybridized carbons (Fsp3) is 0.429. The predicted molar refractivity (Wildman–Crippen MR) is 42.0 cm³/mol. The molecule has 0 atom stereocenters. The van der Waals surface area contributed by atoms with Crippen LogP contribution in [0, 0.1) is 0 Å². The Morgan fingerprint density at radius 2 is 2.45 bits per heavy atom. The second kappa shape index (κ2) is 3.18. The molecule has 4 heteroatoms. The highest BCUT2D eigenvalue weighted by Crippen LogP contribution is 2.05. The van der Waals surface area contributed by atoms with Crippen LogP contribution in [0.25, 0.3) is 0 Å². The molecule has 0 aliphatic heterocycles. The summed E-state index contributed by atoms with van der Waals surface area (Å²) in [5.41, 5.74) is 0. The van der Waals surface area contributed by atoms with Crippen molar-refractivity contribution in [1.82, 2.24) is 9.55 Å². The highest BCUT2D eigenvalue weighted by molar-refractivity contribution is 5.74. The van der Waals surface area contributed by atoms with Crippen molar-refractivity contribution in [2.24, 2.45) is 5.16 Å². The molecule has 0 fully saturated rings. The number of oxime groups is 1. The minimum Gasteiger partial charge on any atom is -0.411 e. The zero-order chi connectivity index (χ0) is 8.27. The number of hydrogen-bond acceptors (Lipinski definition) is 3. The van der Waals surface area contributed by atoms with Gasteiger partial charge in [0, 0.05) is 18.4 Å². The third-order valence-corrected chi connectivity index (χ3v) is 1.43. The molecule has 4 nitrogen and oxygen atoms in total. The maximum Gasteiger partial charge on any atom is 0.154 e. The number of aromatic nitrogens is 2. The van der Waals surface area contributed by atoms with E-state index in [0.717, 1.165) is 0 Å². The third-order valence-electron chi connectivity index (χ3n) is 1.43. The molecule has 1 heterocycles. The molecule has 0 aromatic carbocycles. The van der Waals surface area contributed by atoms with E-state index in [1.165, 1.54) is 6.21 Å². The lowest BCUT2D eigenvalue weighted by molar-refractivity contribution is 0.321. The summed E-state index contributed by atoms with van der Waals surface area (Å²) in [7, 11) is 0. The number of imidazole rings is 1. The van der Waals surface area contributed by atoms with E-state index in [1.54, 1.807) is 6.20 Å². The van der Waals surface area contributed by atoms with E-state index in [9.17, 15) is 0 Å². The van der Waals surface area contributed by atoms with E-state index in [-0.39, 0.29) is 0 Å². The van der Waals surface area contributed by atoms with Gasteiger partial charge in [0.2, 0.25) is 0 Å². The molecule has 1 rings (SSSR count). The van der Waals surface area contributed by atoms with Crippen molar-refractivity contribution in [2.45, 2.75) is 19.9 Å². The van der Waals surface area contributed by atoms with Gasteiger partial charge in [0.05, 0.1) is 0 Å². The molecule has 11 heavy (non-hydrogen) atoms. The van der Waals surface area contributed by atoms with E-state index in [4.69, 9.17) is 5.21 Å². The second-order valence-electron chi connectivity index (χ2n) is 2.53. The summed E-state index contributed by atoms with van der Waals surface area (Å²) in [5, 5.41) is 11.2. The summed E-state index contributed by atoms with van der Waals surface area (Å²) in [5.74, 6) is 0.669. The van der Waals surface area contributed by atoms with Crippen LogP contribution in [-0.4, -0.2) is 21.0 Å². The lowest BCUT2D eigenvalue weighted by Gasteiger charge is -2.07. The lowest BCUT2D eigenvalue weighted by Crippen LogP contribution is -2.04. The minimum atomic E-state index is 0.338. The Hall–Kier alpha value is -1.32. The largest absolute Gasteiger partial charge is 0.411 e. The summed E-state index contributed by atoms with van der Waals surface area (Å²) in [6, 6.07) is 0.338. The highest BCUT2D eigenvalue weighted by Gasteiger charge is 2.01. The maximum atomic E-state index is 8.26. The first-order chi connectivity index (χ1) is 5.25. The number of nitrogens with zero attached hydrogens (tertiary/aromatic N) is 3. The number of rotatable bonds is 2. The first kappa shape index (κ1) is 7.78. The van der Waals surface area contributed by atoms with Crippen LogP contribution in [0.5, 0.6) is 0 Å². The van der Waals surface area contributed by atoms with Crippen LogP contribution in [0.1, 0.15) is 25.7 Å². The molecule has 0 unspecified atom stereocenters. The first-order valence-corrected chi connectivity index (χ1v) is 3.46. The van der Waals surface area contributed by atoms with Crippen LogP contribution in [0.15, 0.2) is 17.5 Å². The monoisotopic (exact) mass is 153 g/mol. The molecule has 0 saturated carbocycles. The summed E-state index contributed by atoms with van der Waals surface area (Å²) in [4.78, 5) is 3.98. The van der Waals surface area contributed by atoms with Crippen molar-refractivity contribution >= 4 is 6.21 Å². The molecular weight excluding hydrogens is 142 g/mol. The highest BCUT2D eigenvalue weighted by atomic mass is 16.4. The fourth-order valence-corrected chi connectivity index (χ4v) is 0.913. The third kappa shape index (κ3) is 1.58. The zero-order valence-electron chi connectivity index (χ0n) is 6.60. The van der Waals surface area contributed by atoms with Gasteiger partial charge in [0.15, 0.2) is 5.82 Å². The summed E-state index contributed by atoms with van der Waals surface area (Å²) >= 11 is 0. The van der Waals surface area contributed by atoms with Gasteiger partial charge in [-0.1, -0.05) is 5.16 Å². The summed E-state index contributed by atoms with van der Waals surface area (Å²) < 4.78 is 1.92. The van der Waals surface area contributed by atoms with Crippen molar-refractivity contribution in [3.63, 3.8) is 0 Å². The van der Waals surface area contributed by atoms with Crippen molar-refractivity contribution in [2.75, 3.05) is 0 Å². The van der Waals surface area contributed by atoms with Crippen molar-refractivity contribution in [1.29, 1.82) is 0 Å². The second-order valence-corrected chi connectivity index (χ2v) is 2.53. The molecule has 0 amide bonds. The molecular formula is C7H11N3O. The van der Waals surface area contributed by atoms with Crippen LogP contribution >= 0.6 is 0 Å². The van der Waals surface area contributed by atoms with E-state index in [2.05, 4.69) is 10.1 Å². The van der Waals surface area contributed by atoms with Gasteiger partial charge in [-0.05, 0) is 13.8 Å². The molecule has 0 radical (unpaired) electrons. The van der Waals surface area contributed by atoms with Crippen molar-refractivity contribution < 1.29 is 5.21 Å². The Morgan fingerprint density at radius 3 is 3.00 bits per heavy atom. The quantitative estimate of drug-likeness (QED) is 0.395. The Balaban J connectivity index is 2.96. The van der Waals surface area contributed by atoms with Gasteiger partial charge in [-0.25, -0.2) is 4.98 Å². The minimum absolute atomic E-state index is 0.338. The molecule has 1 aromatic rings. The van der Waals surface area contributed by atoms with Gasteiger partial charge >= 0.3 is 0 Å². The molecule has 1 N–H and O–H groups in total. The number of hydrogen-bond donors (Lipinski definition) is 1. The zero-order valence-corrected chi connectivity index (χ0v) is 6.60. The van der Waals surface area contributed by atoms with Crippen LogP contribution in [0.4, 0.5) is 0 Å². The smallest absolute Gasteiger partial charge is 0.154 e. The SMILES string of the molecule is CC(C)n1ccnc1C=NO. The predicted octanol–water partition coefficient (Wildman–Crippen LogP) is 1.27. The molecule has 0 aliphatic rings. The van der Waals surface area contributed by atoms with Crippen LogP contribution in [-0.2, 0) is 0 Å². The lowest BCUT2D eigenvalue weighted by atomic mass is 10.4. The summed E-state index contributed by atoms with van der Waals surface area (Å²) in [6.45, 7) is 4.08. The van der Waals surface area contributed by atoms with E-state index >= 15 is 0 Å². The van der Waals surface area contributed by atoms with E-state index < -0.39 is 0 Å². The molecule has 0 bridgehead atoms. The van der Waals surface area contributed by atoms with Gasteiger partial charge in [-0.2, -0.15) is 0 Å². The van der Waals surface area contributed by atoms with Crippen molar-refractivity contribution in [3.05, 3.63) is 18.2 Å². The molecule has 0 aliphatic carbocycles. The van der Waals surface area contributed by atoms with Gasteiger partial charge in [0.25, 0.3) is 0 Å². The Labute approximate surface area is 65.2 Å². The fourth-order valence-electron chi connectivity index (χ4n) is 0.913. The van der Waals surface area contributed by atoms with Crippen molar-refractivity contribution in [3.8, 4) is 0 Å². The van der Waals surface area contributed by atoms with Gasteiger partial charge < -0.3 is 9.77 Å². The Morgan fingerprint density at radius 1 is 1.73 bits per heavy atom. The molecule has 0 saturated heterocycles. The average molecular weight is 153 g/mol. The summed E-state index contributed by atoms with van der Waals surface area (Å²) in [6.07, 6.45) is 4.85. The average Bonchev–Trinajstić information content (AvgIpc) is 2.36. The topological polar surface area (TPSA) is 50.4 Å². The van der Waals surface area contributed by atoms with Crippen LogP contribution in [0.3, 0.4) is 0 Å². The molecule has 0 spiro atoms. The maximum absolute atomic E-state index is 8.26. The Kier molecular flexibility index (Phi) is 2.25. The van der Waals surface area contributed by atoms with Crippen LogP contribution < -0.4 is 0 Å². The normalized spacial score (nSPS) is 11.5. The van der Waals surface area contributed by atoms with E-state index in [1.807, 2.05) is 24.6 Å². The van der Waals surface area contributed by atoms with Crippen LogP contribution in [0.2, 0.25) is 0 Å². The van der Waals surface area contributed by atoms with Gasteiger partial charge in [-0.15, -0.1) is 0 Å². The molecule has 60 valence electrons. The standard InChI is InChI=1S/C7H11N3O/c1-6(2)10-4-3-8-7(10)5-9-11/h3-6,11H,1-2H3. The Bertz CT molecular complexity index is 252.